The number of carboxylic acids is 2. The Bertz CT molecular complexity index is 1280. The van der Waals surface area contributed by atoms with Gasteiger partial charge in [0, 0.05) is 19.5 Å². The highest BCUT2D eigenvalue weighted by Gasteiger charge is 2.23. The molecule has 1 atom stereocenters. The first-order chi connectivity index (χ1) is 16.2. The van der Waals surface area contributed by atoms with Crippen LogP contribution in [0.2, 0.25) is 0 Å². The van der Waals surface area contributed by atoms with E-state index in [0.717, 1.165) is 16.9 Å². The molecule has 1 amide bonds. The number of alkyl halides is 1. The monoisotopic (exact) mass is 491 g/mol. The zero-order valence-corrected chi connectivity index (χ0v) is 18.9. The number of carboxylic acid groups (broad SMARTS) is 2. The number of aliphatic carboxylic acids is 2. The van der Waals surface area contributed by atoms with E-state index < -0.39 is 42.5 Å². The van der Waals surface area contributed by atoms with Gasteiger partial charge in [0.1, 0.15) is 23.5 Å². The summed E-state index contributed by atoms with van der Waals surface area (Å²) >= 11 is 1.05. The van der Waals surface area contributed by atoms with Gasteiger partial charge in [-0.1, -0.05) is 17.4 Å². The number of anilines is 1. The third-order valence-electron chi connectivity index (χ3n) is 4.95. The van der Waals surface area contributed by atoms with Gasteiger partial charge >= 0.3 is 11.9 Å². The largest absolute Gasteiger partial charge is 0.481 e. The van der Waals surface area contributed by atoms with Crippen LogP contribution in [0.25, 0.3) is 10.9 Å². The molecule has 13 heteroatoms. The third kappa shape index (κ3) is 5.92. The maximum Gasteiger partial charge on any atom is 0.326 e. The number of fused-ring (bicyclic) bond motifs is 1. The van der Waals surface area contributed by atoms with Crippen molar-refractivity contribution in [3.8, 4) is 0 Å². The smallest absolute Gasteiger partial charge is 0.326 e. The lowest BCUT2D eigenvalue weighted by Crippen LogP contribution is -2.41. The van der Waals surface area contributed by atoms with Crippen molar-refractivity contribution in [1.29, 1.82) is 0 Å². The maximum atomic E-state index is 12.8. The van der Waals surface area contributed by atoms with Crippen molar-refractivity contribution in [3.05, 3.63) is 51.1 Å². The number of benzene rings is 1. The number of carbonyl (C=O) groups excluding carboxylic acids is 1. The Morgan fingerprint density at radius 1 is 1.29 bits per heavy atom. The second-order valence-electron chi connectivity index (χ2n) is 7.31. The lowest BCUT2D eigenvalue weighted by molar-refractivity contribution is -0.140. The number of halogens is 1. The number of H-pyrrole nitrogens is 1. The fourth-order valence-electron chi connectivity index (χ4n) is 3.22. The van der Waals surface area contributed by atoms with E-state index in [-0.39, 0.29) is 17.3 Å². The van der Waals surface area contributed by atoms with Crippen LogP contribution in [0, 0.1) is 0 Å². The number of hydrogen-bond donors (Lipinski definition) is 4. The predicted molar refractivity (Wildman–Crippen MR) is 122 cm³/mol. The van der Waals surface area contributed by atoms with Crippen LogP contribution in [0.1, 0.15) is 41.0 Å². The minimum atomic E-state index is -1.35. The molecule has 3 aromatic rings. The average Bonchev–Trinajstić information content (AvgIpc) is 3.30. The second kappa shape index (κ2) is 10.8. The standard InChI is InChI=1S/C21H22FN5O6S/c1-2-27(10-11-3-4-13-12(7-11)18(30)26-15(8-22)24-13)16-9-23-20(34-16)19(31)25-14(21(32)33)5-6-17(28)29/h3-4,7,9,14H,2,5-6,8,10H2,1H3,(H,25,31)(H,28,29)(H,32,33)(H,24,26,30)/t14-/m0/s1. The Labute approximate surface area is 196 Å². The molecule has 1 aromatic carbocycles. The molecule has 0 unspecified atom stereocenters. The van der Waals surface area contributed by atoms with E-state index in [9.17, 15) is 28.7 Å². The zero-order chi connectivity index (χ0) is 24.8. The van der Waals surface area contributed by atoms with Crippen LogP contribution in [0.15, 0.2) is 29.2 Å². The van der Waals surface area contributed by atoms with Gasteiger partial charge < -0.3 is 25.4 Å². The number of aromatic nitrogens is 3. The van der Waals surface area contributed by atoms with E-state index >= 15 is 0 Å². The van der Waals surface area contributed by atoms with Gasteiger partial charge in [0.15, 0.2) is 5.01 Å². The average molecular weight is 492 g/mol. The minimum Gasteiger partial charge on any atom is -0.481 e. The number of hydrogen-bond acceptors (Lipinski definition) is 8. The maximum absolute atomic E-state index is 12.8. The van der Waals surface area contributed by atoms with Crippen LogP contribution in [-0.4, -0.2) is 55.6 Å². The number of rotatable bonds is 11. The molecular weight excluding hydrogens is 469 g/mol. The van der Waals surface area contributed by atoms with Crippen molar-refractivity contribution in [2.45, 2.75) is 39.0 Å². The summed E-state index contributed by atoms with van der Waals surface area (Å²) in [6.45, 7) is 1.96. The van der Waals surface area contributed by atoms with Crippen molar-refractivity contribution in [1.82, 2.24) is 20.3 Å². The highest BCUT2D eigenvalue weighted by atomic mass is 32.1. The number of carbonyl (C=O) groups is 3. The Morgan fingerprint density at radius 2 is 2.06 bits per heavy atom. The van der Waals surface area contributed by atoms with Gasteiger partial charge in [-0.05, 0) is 31.0 Å². The number of amides is 1. The van der Waals surface area contributed by atoms with E-state index in [1.54, 1.807) is 18.2 Å². The fourth-order valence-corrected chi connectivity index (χ4v) is 4.11. The van der Waals surface area contributed by atoms with Gasteiger partial charge in [-0.25, -0.2) is 19.2 Å². The fraction of sp³-hybridized carbons (Fsp3) is 0.333. The van der Waals surface area contributed by atoms with Crippen molar-refractivity contribution < 1.29 is 29.0 Å². The van der Waals surface area contributed by atoms with Crippen LogP contribution in [0.4, 0.5) is 9.39 Å². The summed E-state index contributed by atoms with van der Waals surface area (Å²) in [4.78, 5) is 59.2. The number of aromatic amines is 1. The minimum absolute atomic E-state index is 0.0351. The highest BCUT2D eigenvalue weighted by Crippen LogP contribution is 2.26. The summed E-state index contributed by atoms with van der Waals surface area (Å²) in [6, 6.07) is 3.73. The van der Waals surface area contributed by atoms with E-state index in [4.69, 9.17) is 5.11 Å². The molecule has 0 saturated heterocycles. The SMILES string of the molecule is CCN(Cc1ccc2nc(CF)[nH]c(=O)c2c1)c1cnc(C(=O)N[C@@H](CCC(=O)O)C(=O)O)s1. The molecular formula is C21H22FN5O6S. The molecule has 0 bridgehead atoms. The molecule has 2 heterocycles. The highest BCUT2D eigenvalue weighted by molar-refractivity contribution is 7.17. The third-order valence-corrected chi connectivity index (χ3v) is 6.01. The number of nitrogens with zero attached hydrogens (tertiary/aromatic N) is 3. The van der Waals surface area contributed by atoms with Crippen LogP contribution in [-0.2, 0) is 22.8 Å². The van der Waals surface area contributed by atoms with Crippen molar-refractivity contribution in [2.75, 3.05) is 11.4 Å². The summed E-state index contributed by atoms with van der Waals surface area (Å²) in [7, 11) is 0. The first-order valence-corrected chi connectivity index (χ1v) is 11.1. The Morgan fingerprint density at radius 3 is 2.71 bits per heavy atom. The van der Waals surface area contributed by atoms with Crippen molar-refractivity contribution in [2.24, 2.45) is 0 Å². The van der Waals surface area contributed by atoms with E-state index in [1.165, 1.54) is 6.20 Å². The van der Waals surface area contributed by atoms with E-state index in [1.807, 2.05) is 11.8 Å². The Balaban J connectivity index is 1.74. The first kappa shape index (κ1) is 24.8. The lowest BCUT2D eigenvalue weighted by Gasteiger charge is -2.20. The van der Waals surface area contributed by atoms with Gasteiger partial charge in [0.25, 0.3) is 11.5 Å². The number of thiazole rings is 1. The summed E-state index contributed by atoms with van der Waals surface area (Å²) in [5, 5.41) is 21.3. The lowest BCUT2D eigenvalue weighted by atomic mass is 10.1. The first-order valence-electron chi connectivity index (χ1n) is 10.3. The zero-order valence-electron chi connectivity index (χ0n) is 18.1. The van der Waals surface area contributed by atoms with Gasteiger partial charge in [0.05, 0.1) is 17.1 Å². The molecule has 0 aliphatic rings. The molecule has 180 valence electrons. The van der Waals surface area contributed by atoms with E-state index in [2.05, 4.69) is 20.3 Å². The number of nitrogens with one attached hydrogen (secondary N) is 2. The molecule has 0 aliphatic heterocycles. The van der Waals surface area contributed by atoms with Gasteiger partial charge in [0.2, 0.25) is 0 Å². The Kier molecular flexibility index (Phi) is 7.89. The molecule has 4 N–H and O–H groups in total. The summed E-state index contributed by atoms with van der Waals surface area (Å²) < 4.78 is 12.8. The summed E-state index contributed by atoms with van der Waals surface area (Å²) in [5.41, 5.74) is 0.736. The van der Waals surface area contributed by atoms with Crippen LogP contribution >= 0.6 is 11.3 Å². The normalized spacial score (nSPS) is 11.8. The van der Waals surface area contributed by atoms with Crippen LogP contribution in [0.3, 0.4) is 0 Å². The quantitative estimate of drug-likeness (QED) is 0.313. The molecule has 3 rings (SSSR count). The van der Waals surface area contributed by atoms with Crippen LogP contribution < -0.4 is 15.8 Å². The predicted octanol–water partition coefficient (Wildman–Crippen LogP) is 1.92. The molecule has 0 aliphatic carbocycles. The molecule has 11 nitrogen and oxygen atoms in total. The molecule has 0 saturated carbocycles. The molecule has 0 fully saturated rings. The van der Waals surface area contributed by atoms with Gasteiger partial charge in [-0.15, -0.1) is 0 Å². The molecule has 0 spiro atoms. The van der Waals surface area contributed by atoms with E-state index in [0.29, 0.717) is 29.0 Å². The molecule has 2 aromatic heterocycles. The second-order valence-corrected chi connectivity index (χ2v) is 8.32. The van der Waals surface area contributed by atoms with Crippen LogP contribution in [0.5, 0.6) is 0 Å². The van der Waals surface area contributed by atoms with Gasteiger partial charge in [-0.3, -0.25) is 14.4 Å². The summed E-state index contributed by atoms with van der Waals surface area (Å²) in [5.74, 6) is -3.24. The Hall–Kier alpha value is -3.87. The molecule has 0 radical (unpaired) electrons. The van der Waals surface area contributed by atoms with Crippen molar-refractivity contribution >= 4 is 45.1 Å². The summed E-state index contributed by atoms with van der Waals surface area (Å²) in [6.07, 6.45) is 0.834. The topological polar surface area (TPSA) is 166 Å². The van der Waals surface area contributed by atoms with Gasteiger partial charge in [-0.2, -0.15) is 0 Å². The molecule has 34 heavy (non-hydrogen) atoms. The van der Waals surface area contributed by atoms with Crippen molar-refractivity contribution in [3.63, 3.8) is 0 Å².